The van der Waals surface area contributed by atoms with E-state index in [0.29, 0.717) is 0 Å². The number of rotatable bonds is 2. The van der Waals surface area contributed by atoms with Gasteiger partial charge in [-0.05, 0) is 12.1 Å². The molecule has 5 heteroatoms. The Kier molecular flexibility index (Phi) is 1.91. The molecule has 1 heterocycles. The highest BCUT2D eigenvalue weighted by molar-refractivity contribution is 6.43. The standard InChI is InChI=1S/C6H6N2O3/c7-6(9)5(8-10)4-2-1-3-11-4/h1-3,10H,(H2,7,9)/b8-5+. The summed E-state index contributed by atoms with van der Waals surface area (Å²) in [6.07, 6.45) is 1.35. The molecular formula is C6H6N2O3. The van der Waals surface area contributed by atoms with Gasteiger partial charge in [-0.1, -0.05) is 5.16 Å². The molecule has 0 radical (unpaired) electrons. The molecule has 1 aromatic heterocycles. The van der Waals surface area contributed by atoms with Crippen LogP contribution in [0.15, 0.2) is 28.0 Å². The summed E-state index contributed by atoms with van der Waals surface area (Å²) < 4.78 is 4.76. The third kappa shape index (κ3) is 1.37. The van der Waals surface area contributed by atoms with Crippen LogP contribution in [0, 0.1) is 0 Å². The van der Waals surface area contributed by atoms with E-state index in [1.807, 2.05) is 0 Å². The van der Waals surface area contributed by atoms with Gasteiger partial charge >= 0.3 is 0 Å². The number of carbonyl (C=O) groups is 1. The van der Waals surface area contributed by atoms with Gasteiger partial charge in [-0.2, -0.15) is 0 Å². The third-order valence-electron chi connectivity index (χ3n) is 1.09. The van der Waals surface area contributed by atoms with E-state index in [0.717, 1.165) is 0 Å². The molecule has 1 amide bonds. The molecule has 0 aromatic carbocycles. The fourth-order valence-corrected chi connectivity index (χ4v) is 0.633. The number of hydrogen-bond donors (Lipinski definition) is 2. The Morgan fingerprint density at radius 1 is 1.73 bits per heavy atom. The summed E-state index contributed by atoms with van der Waals surface area (Å²) >= 11 is 0. The molecular weight excluding hydrogens is 148 g/mol. The quantitative estimate of drug-likeness (QED) is 0.355. The zero-order chi connectivity index (χ0) is 8.27. The smallest absolute Gasteiger partial charge is 0.274 e. The van der Waals surface area contributed by atoms with Crippen LogP contribution >= 0.6 is 0 Å². The van der Waals surface area contributed by atoms with Crippen molar-refractivity contribution in [3.8, 4) is 0 Å². The van der Waals surface area contributed by atoms with Crippen LogP contribution in [0.2, 0.25) is 0 Å². The lowest BCUT2D eigenvalue weighted by molar-refractivity contribution is -0.112. The van der Waals surface area contributed by atoms with E-state index >= 15 is 0 Å². The van der Waals surface area contributed by atoms with Gasteiger partial charge in [-0.15, -0.1) is 0 Å². The summed E-state index contributed by atoms with van der Waals surface area (Å²) in [5.41, 5.74) is 4.57. The van der Waals surface area contributed by atoms with E-state index in [2.05, 4.69) is 5.16 Å². The van der Waals surface area contributed by atoms with Gasteiger partial charge in [-0.3, -0.25) is 4.79 Å². The van der Waals surface area contributed by atoms with Crippen LogP contribution in [0.5, 0.6) is 0 Å². The third-order valence-corrected chi connectivity index (χ3v) is 1.09. The fraction of sp³-hybridized carbons (Fsp3) is 0. The van der Waals surface area contributed by atoms with Crippen molar-refractivity contribution >= 4 is 11.6 Å². The molecule has 3 N–H and O–H groups in total. The second kappa shape index (κ2) is 2.87. The highest BCUT2D eigenvalue weighted by Crippen LogP contribution is 2.01. The predicted molar refractivity (Wildman–Crippen MR) is 36.2 cm³/mol. The summed E-state index contributed by atoms with van der Waals surface area (Å²) in [5, 5.41) is 11.0. The summed E-state index contributed by atoms with van der Waals surface area (Å²) in [7, 11) is 0. The van der Waals surface area contributed by atoms with E-state index in [1.54, 1.807) is 6.07 Å². The van der Waals surface area contributed by atoms with E-state index in [1.165, 1.54) is 12.3 Å². The Hall–Kier alpha value is -1.78. The van der Waals surface area contributed by atoms with Gasteiger partial charge in [-0.25, -0.2) is 0 Å². The fourth-order valence-electron chi connectivity index (χ4n) is 0.633. The molecule has 0 fully saturated rings. The molecule has 58 valence electrons. The van der Waals surface area contributed by atoms with Crippen LogP contribution < -0.4 is 5.73 Å². The minimum absolute atomic E-state index is 0.153. The summed E-state index contributed by atoms with van der Waals surface area (Å²) in [4.78, 5) is 10.5. The maximum atomic E-state index is 10.5. The molecule has 0 spiro atoms. The van der Waals surface area contributed by atoms with Gasteiger partial charge in [0.1, 0.15) is 0 Å². The lowest BCUT2D eigenvalue weighted by Gasteiger charge is -1.91. The molecule has 0 aliphatic rings. The highest BCUT2D eigenvalue weighted by atomic mass is 16.4. The minimum Gasteiger partial charge on any atom is -0.462 e. The van der Waals surface area contributed by atoms with Crippen LogP contribution in [-0.4, -0.2) is 16.8 Å². The van der Waals surface area contributed by atoms with Gasteiger partial charge < -0.3 is 15.4 Å². The van der Waals surface area contributed by atoms with Crippen LogP contribution in [0.3, 0.4) is 0 Å². The molecule has 0 saturated heterocycles. The summed E-state index contributed by atoms with van der Waals surface area (Å²) in [6.45, 7) is 0. The average Bonchev–Trinajstić information content (AvgIpc) is 2.40. The number of carbonyl (C=O) groups excluding carboxylic acids is 1. The zero-order valence-corrected chi connectivity index (χ0v) is 5.52. The van der Waals surface area contributed by atoms with Gasteiger partial charge in [0.2, 0.25) is 5.71 Å². The zero-order valence-electron chi connectivity index (χ0n) is 5.52. The first-order valence-corrected chi connectivity index (χ1v) is 2.81. The lowest BCUT2D eigenvalue weighted by atomic mass is 10.3. The van der Waals surface area contributed by atoms with Crippen molar-refractivity contribution in [2.24, 2.45) is 10.9 Å². The van der Waals surface area contributed by atoms with E-state index in [9.17, 15) is 4.79 Å². The van der Waals surface area contributed by atoms with E-state index in [4.69, 9.17) is 15.4 Å². The number of primary amides is 1. The molecule has 0 aliphatic carbocycles. The normalized spacial score (nSPS) is 11.5. The van der Waals surface area contributed by atoms with Crippen molar-refractivity contribution in [1.29, 1.82) is 0 Å². The van der Waals surface area contributed by atoms with Crippen molar-refractivity contribution in [2.45, 2.75) is 0 Å². The van der Waals surface area contributed by atoms with Crippen LogP contribution in [0.1, 0.15) is 5.76 Å². The van der Waals surface area contributed by atoms with E-state index < -0.39 is 5.91 Å². The number of furan rings is 1. The van der Waals surface area contributed by atoms with Crippen molar-refractivity contribution in [3.63, 3.8) is 0 Å². The summed E-state index contributed by atoms with van der Waals surface area (Å²) in [6, 6.07) is 3.03. The molecule has 0 unspecified atom stereocenters. The first-order valence-electron chi connectivity index (χ1n) is 2.81. The van der Waals surface area contributed by atoms with Crippen molar-refractivity contribution in [1.82, 2.24) is 0 Å². The van der Waals surface area contributed by atoms with Gasteiger partial charge in [0.15, 0.2) is 5.76 Å². The Bertz CT molecular complexity index is 276. The van der Waals surface area contributed by atoms with Crippen LogP contribution in [0.4, 0.5) is 0 Å². The molecule has 1 aromatic rings. The number of oxime groups is 1. The first kappa shape index (κ1) is 7.33. The van der Waals surface area contributed by atoms with E-state index in [-0.39, 0.29) is 11.5 Å². The van der Waals surface area contributed by atoms with Gasteiger partial charge in [0, 0.05) is 0 Å². The molecule has 0 atom stereocenters. The van der Waals surface area contributed by atoms with Crippen LogP contribution in [-0.2, 0) is 4.79 Å². The largest absolute Gasteiger partial charge is 0.462 e. The summed E-state index contributed by atoms with van der Waals surface area (Å²) in [5.74, 6) is -0.678. The molecule has 0 aliphatic heterocycles. The molecule has 5 nitrogen and oxygen atoms in total. The van der Waals surface area contributed by atoms with Crippen molar-refractivity contribution < 1.29 is 14.4 Å². The number of nitrogens with zero attached hydrogens (tertiary/aromatic N) is 1. The minimum atomic E-state index is -0.831. The maximum absolute atomic E-state index is 10.5. The van der Waals surface area contributed by atoms with Gasteiger partial charge in [0.25, 0.3) is 5.91 Å². The maximum Gasteiger partial charge on any atom is 0.274 e. The van der Waals surface area contributed by atoms with Crippen molar-refractivity contribution in [3.05, 3.63) is 24.2 Å². The first-order chi connectivity index (χ1) is 5.25. The number of amides is 1. The number of hydrogen-bond acceptors (Lipinski definition) is 4. The Balaban J connectivity index is 2.99. The van der Waals surface area contributed by atoms with Gasteiger partial charge in [0.05, 0.1) is 6.26 Å². The van der Waals surface area contributed by atoms with Crippen molar-refractivity contribution in [2.75, 3.05) is 0 Å². The second-order valence-corrected chi connectivity index (χ2v) is 1.79. The Morgan fingerprint density at radius 2 is 2.45 bits per heavy atom. The second-order valence-electron chi connectivity index (χ2n) is 1.79. The molecule has 11 heavy (non-hydrogen) atoms. The Morgan fingerprint density at radius 3 is 2.82 bits per heavy atom. The van der Waals surface area contributed by atoms with Crippen LogP contribution in [0.25, 0.3) is 0 Å². The highest BCUT2D eigenvalue weighted by Gasteiger charge is 2.12. The topological polar surface area (TPSA) is 88.8 Å². The molecule has 1 rings (SSSR count). The molecule has 0 saturated carbocycles. The average molecular weight is 154 g/mol. The predicted octanol–water partition coefficient (Wildman–Crippen LogP) is -0.0568. The Labute approximate surface area is 62.1 Å². The monoisotopic (exact) mass is 154 g/mol. The lowest BCUT2D eigenvalue weighted by Crippen LogP contribution is -2.23. The molecule has 0 bridgehead atoms. The SMILES string of the molecule is NC(=O)/C(=N/O)c1ccco1. The number of nitrogens with two attached hydrogens (primary N) is 1.